The topological polar surface area (TPSA) is 137 Å². The van der Waals surface area contributed by atoms with Gasteiger partial charge in [0.05, 0.1) is 0 Å². The van der Waals surface area contributed by atoms with Crippen molar-refractivity contribution in [3.05, 3.63) is 0 Å². The molecule has 76 valence electrons. The molecule has 0 rings (SSSR count). The molecule has 0 amide bonds. The Labute approximate surface area is 75.5 Å². The Morgan fingerprint density at radius 2 is 2.15 bits per heavy atom. The molecule has 0 aromatic heterocycles. The third kappa shape index (κ3) is 6.88. The minimum absolute atomic E-state index is 0.164. The molecule has 0 saturated carbocycles. The Kier molecular flexibility index (Phi) is 5.37. The quantitative estimate of drug-likeness (QED) is 0.172. The van der Waals surface area contributed by atoms with Crippen molar-refractivity contribution in [1.29, 1.82) is 0 Å². The van der Waals surface area contributed by atoms with Crippen LogP contribution in [0.3, 0.4) is 0 Å². The predicted octanol–water partition coefficient (Wildman–Crippen LogP) is -1.62. The van der Waals surface area contributed by atoms with Gasteiger partial charge in [-0.2, -0.15) is 0 Å². The van der Waals surface area contributed by atoms with E-state index in [0.717, 1.165) is 0 Å². The number of carbonyl (C=O) groups is 1. The van der Waals surface area contributed by atoms with E-state index in [0.29, 0.717) is 12.8 Å². The highest BCUT2D eigenvalue weighted by atomic mass is 16.6. The number of guanidine groups is 1. The fourth-order valence-corrected chi connectivity index (χ4v) is 0.611. The molecule has 0 bridgehead atoms. The number of rotatable bonds is 6. The van der Waals surface area contributed by atoms with Crippen LogP contribution in [0.15, 0.2) is 5.16 Å². The standard InChI is InChI=1S/C6H14N4O3/c7-4(5(11)12)2-1-3-13-10-6(8)9/h4H,1-3,7H2,(H,11,12)(H4,8,9,10)/t4-/m1/s1. The van der Waals surface area contributed by atoms with E-state index < -0.39 is 12.0 Å². The second-order valence-corrected chi connectivity index (χ2v) is 2.44. The highest BCUT2D eigenvalue weighted by Gasteiger charge is 2.09. The number of nitrogens with two attached hydrogens (primary N) is 3. The zero-order chi connectivity index (χ0) is 10.3. The Balaban J connectivity index is 3.36. The summed E-state index contributed by atoms with van der Waals surface area (Å²) in [4.78, 5) is 14.9. The first-order valence-electron chi connectivity index (χ1n) is 3.73. The summed E-state index contributed by atoms with van der Waals surface area (Å²) in [6.07, 6.45) is 0.819. The van der Waals surface area contributed by atoms with Gasteiger partial charge in [0.2, 0.25) is 5.96 Å². The molecule has 7 nitrogen and oxygen atoms in total. The molecule has 0 heterocycles. The number of hydrogen-bond donors (Lipinski definition) is 4. The predicted molar refractivity (Wildman–Crippen MR) is 46.6 cm³/mol. The smallest absolute Gasteiger partial charge is 0.320 e. The van der Waals surface area contributed by atoms with Crippen LogP contribution in [0.25, 0.3) is 0 Å². The number of carboxylic acid groups (broad SMARTS) is 1. The number of hydrogen-bond acceptors (Lipinski definition) is 4. The first-order valence-corrected chi connectivity index (χ1v) is 3.73. The van der Waals surface area contributed by atoms with Crippen molar-refractivity contribution < 1.29 is 14.7 Å². The van der Waals surface area contributed by atoms with Crippen molar-refractivity contribution in [3.8, 4) is 0 Å². The number of nitrogens with zero attached hydrogens (tertiary/aromatic N) is 1. The Morgan fingerprint density at radius 1 is 1.54 bits per heavy atom. The molecule has 0 aromatic carbocycles. The van der Waals surface area contributed by atoms with E-state index in [2.05, 4.69) is 9.99 Å². The molecule has 0 saturated heterocycles. The number of oxime groups is 1. The van der Waals surface area contributed by atoms with E-state index in [4.69, 9.17) is 22.3 Å². The van der Waals surface area contributed by atoms with Crippen LogP contribution in [0.1, 0.15) is 12.8 Å². The SMILES string of the molecule is NC(N)=NOCCC[C@@H](N)C(=O)O. The lowest BCUT2D eigenvalue weighted by atomic mass is 10.2. The zero-order valence-electron chi connectivity index (χ0n) is 7.14. The van der Waals surface area contributed by atoms with Crippen LogP contribution in [-0.2, 0) is 9.63 Å². The molecule has 0 radical (unpaired) electrons. The lowest BCUT2D eigenvalue weighted by Gasteiger charge is -2.04. The van der Waals surface area contributed by atoms with Gasteiger partial charge in [0.25, 0.3) is 0 Å². The van der Waals surface area contributed by atoms with Gasteiger partial charge in [-0.3, -0.25) is 4.79 Å². The summed E-state index contributed by atoms with van der Waals surface area (Å²) in [5.41, 5.74) is 15.2. The lowest BCUT2D eigenvalue weighted by molar-refractivity contribution is -0.138. The fraction of sp³-hybridized carbons (Fsp3) is 0.667. The van der Waals surface area contributed by atoms with Crippen LogP contribution in [0, 0.1) is 0 Å². The van der Waals surface area contributed by atoms with Gasteiger partial charge in [0, 0.05) is 0 Å². The third-order valence-electron chi connectivity index (χ3n) is 1.24. The maximum Gasteiger partial charge on any atom is 0.320 e. The fourth-order valence-electron chi connectivity index (χ4n) is 0.611. The van der Waals surface area contributed by atoms with Gasteiger partial charge >= 0.3 is 5.97 Å². The molecule has 0 unspecified atom stereocenters. The minimum atomic E-state index is -1.03. The maximum absolute atomic E-state index is 10.2. The second kappa shape index (κ2) is 6.06. The molecular weight excluding hydrogens is 176 g/mol. The summed E-state index contributed by atoms with van der Waals surface area (Å²) < 4.78 is 0. The van der Waals surface area contributed by atoms with Crippen LogP contribution in [0.4, 0.5) is 0 Å². The van der Waals surface area contributed by atoms with Crippen molar-refractivity contribution in [2.24, 2.45) is 22.4 Å². The molecule has 13 heavy (non-hydrogen) atoms. The largest absolute Gasteiger partial charge is 0.480 e. The average Bonchev–Trinajstić information content (AvgIpc) is 2.02. The molecular formula is C6H14N4O3. The van der Waals surface area contributed by atoms with Gasteiger partial charge in [-0.05, 0) is 18.0 Å². The van der Waals surface area contributed by atoms with Gasteiger partial charge in [-0.1, -0.05) is 0 Å². The van der Waals surface area contributed by atoms with Gasteiger partial charge in [0.1, 0.15) is 12.6 Å². The van der Waals surface area contributed by atoms with Gasteiger partial charge in [-0.15, -0.1) is 0 Å². The van der Waals surface area contributed by atoms with Gasteiger partial charge < -0.3 is 27.1 Å². The average molecular weight is 190 g/mol. The van der Waals surface area contributed by atoms with Gasteiger partial charge in [-0.25, -0.2) is 0 Å². The van der Waals surface area contributed by atoms with E-state index in [1.54, 1.807) is 0 Å². The Hall–Kier alpha value is -1.50. The van der Waals surface area contributed by atoms with Crippen LogP contribution in [0.5, 0.6) is 0 Å². The second-order valence-electron chi connectivity index (χ2n) is 2.44. The molecule has 0 aliphatic carbocycles. The van der Waals surface area contributed by atoms with Crippen LogP contribution < -0.4 is 17.2 Å². The summed E-state index contributed by atoms with van der Waals surface area (Å²) in [5, 5.41) is 11.6. The van der Waals surface area contributed by atoms with Crippen molar-refractivity contribution in [2.75, 3.05) is 6.61 Å². The molecule has 0 fully saturated rings. The summed E-state index contributed by atoms with van der Waals surface area (Å²) in [6, 6.07) is -0.859. The Bertz CT molecular complexity index is 190. The summed E-state index contributed by atoms with van der Waals surface area (Å²) >= 11 is 0. The van der Waals surface area contributed by atoms with E-state index in [1.807, 2.05) is 0 Å². The van der Waals surface area contributed by atoms with E-state index in [-0.39, 0.29) is 12.6 Å². The highest BCUT2D eigenvalue weighted by Crippen LogP contribution is 1.95. The van der Waals surface area contributed by atoms with Crippen molar-refractivity contribution in [3.63, 3.8) is 0 Å². The van der Waals surface area contributed by atoms with Gasteiger partial charge in [0.15, 0.2) is 0 Å². The Morgan fingerprint density at radius 3 is 2.62 bits per heavy atom. The summed E-state index contributed by atoms with van der Waals surface area (Å²) in [7, 11) is 0. The molecule has 0 aromatic rings. The van der Waals surface area contributed by atoms with Crippen LogP contribution in [-0.4, -0.2) is 29.7 Å². The lowest BCUT2D eigenvalue weighted by Crippen LogP contribution is -2.30. The molecule has 7 N–H and O–H groups in total. The number of carboxylic acids is 1. The number of aliphatic carboxylic acids is 1. The monoisotopic (exact) mass is 190 g/mol. The van der Waals surface area contributed by atoms with Crippen LogP contribution in [0.2, 0.25) is 0 Å². The van der Waals surface area contributed by atoms with Crippen LogP contribution >= 0.6 is 0 Å². The van der Waals surface area contributed by atoms with Crippen molar-refractivity contribution in [1.82, 2.24) is 0 Å². The molecule has 1 atom stereocenters. The molecule has 7 heteroatoms. The first kappa shape index (κ1) is 11.5. The van der Waals surface area contributed by atoms with Crippen molar-refractivity contribution >= 4 is 11.9 Å². The molecule has 0 aliphatic rings. The van der Waals surface area contributed by atoms with E-state index in [1.165, 1.54) is 0 Å². The summed E-state index contributed by atoms with van der Waals surface area (Å²) in [6.45, 7) is 0.249. The van der Waals surface area contributed by atoms with E-state index in [9.17, 15) is 4.79 Å². The maximum atomic E-state index is 10.2. The minimum Gasteiger partial charge on any atom is -0.480 e. The molecule has 0 aliphatic heterocycles. The van der Waals surface area contributed by atoms with Crippen molar-refractivity contribution in [2.45, 2.75) is 18.9 Å². The van der Waals surface area contributed by atoms with E-state index >= 15 is 0 Å². The summed E-state index contributed by atoms with van der Waals surface area (Å²) in [5.74, 6) is -1.19. The first-order chi connectivity index (χ1) is 6.04. The highest BCUT2D eigenvalue weighted by molar-refractivity contribution is 5.74. The third-order valence-corrected chi connectivity index (χ3v) is 1.24. The zero-order valence-corrected chi connectivity index (χ0v) is 7.14. The molecule has 0 spiro atoms. The normalized spacial score (nSPS) is 11.8.